The summed E-state index contributed by atoms with van der Waals surface area (Å²) in [5.41, 5.74) is 3.29. The second kappa shape index (κ2) is 4.53. The van der Waals surface area contributed by atoms with Gasteiger partial charge in [0.05, 0.1) is 17.3 Å². The number of H-pyrrole nitrogens is 1. The van der Waals surface area contributed by atoms with E-state index in [1.165, 1.54) is 0 Å². The SMILES string of the molecule is O=C1Nc2ncc(Br)cc2C1=Cc1ccc2cn[nH]c2c1. The van der Waals surface area contributed by atoms with Crippen LogP contribution < -0.4 is 5.32 Å². The van der Waals surface area contributed by atoms with Crippen molar-refractivity contribution in [3.8, 4) is 0 Å². The minimum Gasteiger partial charge on any atom is -0.306 e. The van der Waals surface area contributed by atoms with E-state index >= 15 is 0 Å². The highest BCUT2D eigenvalue weighted by atomic mass is 79.9. The molecule has 0 atom stereocenters. The summed E-state index contributed by atoms with van der Waals surface area (Å²) in [5.74, 6) is 0.456. The minimum atomic E-state index is -0.139. The van der Waals surface area contributed by atoms with Gasteiger partial charge in [0.15, 0.2) is 0 Å². The zero-order chi connectivity index (χ0) is 14.4. The van der Waals surface area contributed by atoms with Gasteiger partial charge in [-0.2, -0.15) is 5.10 Å². The molecule has 1 amide bonds. The van der Waals surface area contributed by atoms with Crippen molar-refractivity contribution in [1.82, 2.24) is 15.2 Å². The Bertz CT molecular complexity index is 913. The first-order valence-electron chi connectivity index (χ1n) is 6.33. The van der Waals surface area contributed by atoms with Gasteiger partial charge in [0, 0.05) is 21.6 Å². The van der Waals surface area contributed by atoms with Crippen LogP contribution in [-0.4, -0.2) is 21.1 Å². The third-order valence-electron chi connectivity index (χ3n) is 3.40. The summed E-state index contributed by atoms with van der Waals surface area (Å²) in [5, 5.41) is 10.7. The van der Waals surface area contributed by atoms with Gasteiger partial charge in [-0.05, 0) is 39.7 Å². The lowest BCUT2D eigenvalue weighted by Crippen LogP contribution is -2.04. The number of pyridine rings is 1. The van der Waals surface area contributed by atoms with Crippen molar-refractivity contribution < 1.29 is 4.79 Å². The number of carbonyl (C=O) groups is 1. The lowest BCUT2D eigenvalue weighted by atomic mass is 10.0. The first kappa shape index (κ1) is 12.3. The van der Waals surface area contributed by atoms with Crippen molar-refractivity contribution in [3.63, 3.8) is 0 Å². The molecule has 3 aromatic rings. The summed E-state index contributed by atoms with van der Waals surface area (Å²) in [6, 6.07) is 7.78. The van der Waals surface area contributed by atoms with Crippen LogP contribution in [0.25, 0.3) is 22.6 Å². The molecule has 0 unspecified atom stereocenters. The lowest BCUT2D eigenvalue weighted by Gasteiger charge is -1.99. The van der Waals surface area contributed by atoms with Crippen molar-refractivity contribution >= 4 is 50.2 Å². The van der Waals surface area contributed by atoms with Crippen LogP contribution in [0.3, 0.4) is 0 Å². The van der Waals surface area contributed by atoms with Crippen molar-refractivity contribution in [1.29, 1.82) is 0 Å². The van der Waals surface area contributed by atoms with E-state index in [-0.39, 0.29) is 5.91 Å². The number of anilines is 1. The smallest absolute Gasteiger partial charge is 0.257 e. The highest BCUT2D eigenvalue weighted by Gasteiger charge is 2.25. The Hall–Kier alpha value is -2.47. The molecule has 0 radical (unpaired) electrons. The van der Waals surface area contributed by atoms with Crippen LogP contribution in [0.15, 0.2) is 41.1 Å². The van der Waals surface area contributed by atoms with Crippen molar-refractivity contribution in [2.75, 3.05) is 5.32 Å². The van der Waals surface area contributed by atoms with Crippen LogP contribution >= 0.6 is 15.9 Å². The van der Waals surface area contributed by atoms with E-state index in [4.69, 9.17) is 0 Å². The number of fused-ring (bicyclic) bond motifs is 2. The Kier molecular flexibility index (Phi) is 2.65. The molecule has 102 valence electrons. The Morgan fingerprint density at radius 2 is 2.10 bits per heavy atom. The Morgan fingerprint density at radius 3 is 3.00 bits per heavy atom. The predicted molar refractivity (Wildman–Crippen MR) is 84.5 cm³/mol. The summed E-state index contributed by atoms with van der Waals surface area (Å²) >= 11 is 3.38. The van der Waals surface area contributed by atoms with Gasteiger partial charge in [0.25, 0.3) is 5.91 Å². The highest BCUT2D eigenvalue weighted by Crippen LogP contribution is 2.33. The van der Waals surface area contributed by atoms with Gasteiger partial charge in [-0.3, -0.25) is 9.89 Å². The lowest BCUT2D eigenvalue weighted by molar-refractivity contribution is -0.110. The predicted octanol–water partition coefficient (Wildman–Crippen LogP) is 3.21. The Labute approximate surface area is 128 Å². The summed E-state index contributed by atoms with van der Waals surface area (Å²) in [4.78, 5) is 16.3. The van der Waals surface area contributed by atoms with Crippen LogP contribution in [0.1, 0.15) is 11.1 Å². The normalized spacial score (nSPS) is 15.5. The van der Waals surface area contributed by atoms with Crippen LogP contribution in [0, 0.1) is 0 Å². The fourth-order valence-corrected chi connectivity index (χ4v) is 2.73. The maximum absolute atomic E-state index is 12.1. The van der Waals surface area contributed by atoms with E-state index < -0.39 is 0 Å². The summed E-state index contributed by atoms with van der Waals surface area (Å²) in [6.07, 6.45) is 5.29. The average Bonchev–Trinajstić information content (AvgIpc) is 3.04. The van der Waals surface area contributed by atoms with Gasteiger partial charge in [-0.1, -0.05) is 12.1 Å². The molecule has 21 heavy (non-hydrogen) atoms. The number of hydrogen-bond acceptors (Lipinski definition) is 3. The largest absolute Gasteiger partial charge is 0.306 e. The van der Waals surface area contributed by atoms with Gasteiger partial charge in [0.1, 0.15) is 5.82 Å². The van der Waals surface area contributed by atoms with Gasteiger partial charge >= 0.3 is 0 Å². The van der Waals surface area contributed by atoms with E-state index in [2.05, 4.69) is 36.4 Å². The summed E-state index contributed by atoms with van der Waals surface area (Å²) < 4.78 is 0.840. The molecule has 3 heterocycles. The quantitative estimate of drug-likeness (QED) is 0.668. The number of amides is 1. The number of aromatic amines is 1. The Balaban J connectivity index is 1.85. The number of carbonyl (C=O) groups excluding carboxylic acids is 1. The number of hydrogen-bond donors (Lipinski definition) is 2. The standard InChI is InChI=1S/C15H9BrN4O/c16-10-5-11-12(15(21)19-14(11)17-7-10)3-8-1-2-9-6-18-20-13(9)4-8/h1-7H,(H,18,20)(H,17,19,21). The molecule has 1 aromatic carbocycles. The van der Waals surface area contributed by atoms with Crippen LogP contribution in [-0.2, 0) is 4.79 Å². The molecule has 0 fully saturated rings. The molecule has 0 saturated heterocycles. The van der Waals surface area contributed by atoms with E-state index in [1.807, 2.05) is 30.3 Å². The zero-order valence-electron chi connectivity index (χ0n) is 10.7. The first-order valence-corrected chi connectivity index (χ1v) is 7.12. The number of rotatable bonds is 1. The molecular formula is C15H9BrN4O. The fourth-order valence-electron chi connectivity index (χ4n) is 2.40. The van der Waals surface area contributed by atoms with Crippen LogP contribution in [0.4, 0.5) is 5.82 Å². The van der Waals surface area contributed by atoms with Gasteiger partial charge < -0.3 is 5.32 Å². The molecule has 1 aliphatic heterocycles. The maximum atomic E-state index is 12.1. The highest BCUT2D eigenvalue weighted by molar-refractivity contribution is 9.10. The molecule has 6 heteroatoms. The maximum Gasteiger partial charge on any atom is 0.257 e. The number of nitrogens with one attached hydrogen (secondary N) is 2. The summed E-state index contributed by atoms with van der Waals surface area (Å²) in [6.45, 7) is 0. The molecule has 2 N–H and O–H groups in total. The second-order valence-electron chi connectivity index (χ2n) is 4.78. The second-order valence-corrected chi connectivity index (χ2v) is 5.69. The topological polar surface area (TPSA) is 70.7 Å². The van der Waals surface area contributed by atoms with Crippen molar-refractivity contribution in [2.24, 2.45) is 0 Å². The number of nitrogens with zero attached hydrogens (tertiary/aromatic N) is 2. The fraction of sp³-hybridized carbons (Fsp3) is 0. The van der Waals surface area contributed by atoms with Gasteiger partial charge in [-0.15, -0.1) is 0 Å². The zero-order valence-corrected chi connectivity index (χ0v) is 12.3. The molecule has 0 bridgehead atoms. The van der Waals surface area contributed by atoms with Gasteiger partial charge in [-0.25, -0.2) is 4.98 Å². The number of halogens is 1. The van der Waals surface area contributed by atoms with E-state index in [0.29, 0.717) is 11.4 Å². The number of benzene rings is 1. The molecule has 0 aliphatic carbocycles. The van der Waals surface area contributed by atoms with E-state index in [1.54, 1.807) is 12.4 Å². The van der Waals surface area contributed by atoms with Crippen molar-refractivity contribution in [3.05, 3.63) is 52.3 Å². The molecule has 4 rings (SSSR count). The molecule has 0 saturated carbocycles. The molecular weight excluding hydrogens is 332 g/mol. The average molecular weight is 341 g/mol. The third-order valence-corrected chi connectivity index (χ3v) is 3.83. The van der Waals surface area contributed by atoms with E-state index in [0.717, 1.165) is 26.5 Å². The van der Waals surface area contributed by atoms with Crippen molar-refractivity contribution in [2.45, 2.75) is 0 Å². The molecule has 5 nitrogen and oxygen atoms in total. The third kappa shape index (κ3) is 2.04. The Morgan fingerprint density at radius 1 is 1.19 bits per heavy atom. The van der Waals surface area contributed by atoms with Crippen LogP contribution in [0.2, 0.25) is 0 Å². The molecule has 0 spiro atoms. The minimum absolute atomic E-state index is 0.139. The monoisotopic (exact) mass is 340 g/mol. The van der Waals surface area contributed by atoms with E-state index in [9.17, 15) is 4.79 Å². The van der Waals surface area contributed by atoms with Gasteiger partial charge in [0.2, 0.25) is 0 Å². The molecule has 1 aliphatic rings. The first-order chi connectivity index (χ1) is 10.2. The van der Waals surface area contributed by atoms with Crippen LogP contribution in [0.5, 0.6) is 0 Å². The number of aromatic nitrogens is 3. The summed E-state index contributed by atoms with van der Waals surface area (Å²) in [7, 11) is 0. The molecule has 2 aromatic heterocycles.